The molecule has 1 aliphatic carbocycles. The maximum atomic E-state index is 13.4. The summed E-state index contributed by atoms with van der Waals surface area (Å²) < 4.78 is 13.4. The van der Waals surface area contributed by atoms with Crippen LogP contribution in [0, 0.1) is 27.8 Å². The van der Waals surface area contributed by atoms with Crippen LogP contribution in [0.2, 0.25) is 0 Å². The summed E-state index contributed by atoms with van der Waals surface area (Å²) in [6, 6.07) is 3.92. The van der Waals surface area contributed by atoms with Crippen molar-refractivity contribution in [2.75, 3.05) is 5.32 Å². The average Bonchev–Trinajstić information content (AvgIpc) is 2.32. The summed E-state index contributed by atoms with van der Waals surface area (Å²) in [6.45, 7) is 4.40. The number of nitro groups is 1. The van der Waals surface area contributed by atoms with Crippen molar-refractivity contribution in [3.8, 4) is 0 Å². The van der Waals surface area contributed by atoms with Gasteiger partial charge in [0.05, 0.1) is 11.0 Å². The first-order valence-corrected chi connectivity index (χ1v) is 6.67. The zero-order valence-electron chi connectivity index (χ0n) is 11.2. The molecule has 3 unspecified atom stereocenters. The first-order chi connectivity index (χ1) is 8.95. The first kappa shape index (κ1) is 13.8. The molecule has 1 fully saturated rings. The third kappa shape index (κ3) is 3.43. The van der Waals surface area contributed by atoms with E-state index in [1.54, 1.807) is 0 Å². The maximum absolute atomic E-state index is 13.4. The van der Waals surface area contributed by atoms with Crippen molar-refractivity contribution in [1.29, 1.82) is 0 Å². The van der Waals surface area contributed by atoms with E-state index in [9.17, 15) is 14.5 Å². The minimum absolute atomic E-state index is 0.209. The Balaban J connectivity index is 2.12. The second kappa shape index (κ2) is 5.55. The highest BCUT2D eigenvalue weighted by Gasteiger charge is 2.25. The fourth-order valence-corrected chi connectivity index (χ4v) is 2.86. The van der Waals surface area contributed by atoms with Crippen LogP contribution >= 0.6 is 0 Å². The van der Waals surface area contributed by atoms with Gasteiger partial charge in [-0.15, -0.1) is 0 Å². The second-order valence-electron chi connectivity index (χ2n) is 5.60. The molecule has 1 aromatic carbocycles. The Morgan fingerprint density at radius 3 is 2.68 bits per heavy atom. The molecule has 0 heterocycles. The van der Waals surface area contributed by atoms with Gasteiger partial charge in [-0.1, -0.05) is 13.8 Å². The molecule has 0 saturated heterocycles. The highest BCUT2D eigenvalue weighted by Crippen LogP contribution is 2.31. The minimum atomic E-state index is -0.575. The smallest absolute Gasteiger partial charge is 0.274 e. The largest absolute Gasteiger partial charge is 0.382 e. The molecule has 0 spiro atoms. The number of nitrogens with one attached hydrogen (secondary N) is 1. The number of non-ortho nitro benzene ring substituents is 1. The molecule has 1 aliphatic rings. The number of hydrogen-bond donors (Lipinski definition) is 1. The van der Waals surface area contributed by atoms with Gasteiger partial charge in [-0.2, -0.15) is 0 Å². The van der Waals surface area contributed by atoms with E-state index in [4.69, 9.17) is 0 Å². The number of anilines is 1. The molecule has 104 valence electrons. The maximum Gasteiger partial charge on any atom is 0.274 e. The monoisotopic (exact) mass is 266 g/mol. The van der Waals surface area contributed by atoms with Crippen LogP contribution in [-0.2, 0) is 0 Å². The molecule has 0 aliphatic heterocycles. The molecular formula is C14H19FN2O2. The lowest BCUT2D eigenvalue weighted by molar-refractivity contribution is -0.385. The molecule has 3 atom stereocenters. The molecule has 1 N–H and O–H groups in total. The van der Waals surface area contributed by atoms with Crippen molar-refractivity contribution in [3.05, 3.63) is 34.1 Å². The van der Waals surface area contributed by atoms with Crippen LogP contribution in [0.3, 0.4) is 0 Å². The van der Waals surface area contributed by atoms with Gasteiger partial charge in [-0.25, -0.2) is 4.39 Å². The van der Waals surface area contributed by atoms with Gasteiger partial charge in [0.25, 0.3) is 5.69 Å². The molecule has 0 bridgehead atoms. The number of halogens is 1. The number of benzene rings is 1. The van der Waals surface area contributed by atoms with Gasteiger partial charge in [0.2, 0.25) is 0 Å². The summed E-state index contributed by atoms with van der Waals surface area (Å²) in [5.74, 6) is 0.634. The van der Waals surface area contributed by atoms with Gasteiger partial charge in [0.15, 0.2) is 0 Å². The van der Waals surface area contributed by atoms with E-state index >= 15 is 0 Å². The van der Waals surface area contributed by atoms with Gasteiger partial charge in [0.1, 0.15) is 5.82 Å². The van der Waals surface area contributed by atoms with E-state index in [-0.39, 0.29) is 11.7 Å². The normalized spacial score (nSPS) is 27.0. The van der Waals surface area contributed by atoms with Crippen LogP contribution < -0.4 is 5.32 Å². The lowest BCUT2D eigenvalue weighted by atomic mass is 9.80. The Labute approximate surface area is 112 Å². The lowest BCUT2D eigenvalue weighted by Gasteiger charge is -2.33. The van der Waals surface area contributed by atoms with E-state index in [0.717, 1.165) is 31.2 Å². The SMILES string of the molecule is CC1CCC(Nc2cc(F)cc([N+](=O)[O-])c2)C(C)C1. The summed E-state index contributed by atoms with van der Waals surface area (Å²) in [5, 5.41) is 14.0. The van der Waals surface area contributed by atoms with Crippen LogP contribution in [0.5, 0.6) is 0 Å². The van der Waals surface area contributed by atoms with E-state index in [1.165, 1.54) is 12.1 Å². The number of rotatable bonds is 3. The van der Waals surface area contributed by atoms with E-state index in [2.05, 4.69) is 19.2 Å². The second-order valence-corrected chi connectivity index (χ2v) is 5.60. The predicted molar refractivity (Wildman–Crippen MR) is 72.6 cm³/mol. The molecule has 2 rings (SSSR count). The molecular weight excluding hydrogens is 247 g/mol. The summed E-state index contributed by atoms with van der Waals surface area (Å²) >= 11 is 0. The highest BCUT2D eigenvalue weighted by atomic mass is 19.1. The molecule has 0 aromatic heterocycles. The Morgan fingerprint density at radius 2 is 2.05 bits per heavy atom. The third-order valence-electron chi connectivity index (χ3n) is 3.88. The molecule has 1 saturated carbocycles. The molecule has 5 heteroatoms. The van der Waals surface area contributed by atoms with E-state index in [1.807, 2.05) is 0 Å². The average molecular weight is 266 g/mol. The van der Waals surface area contributed by atoms with Crippen molar-refractivity contribution in [2.24, 2.45) is 11.8 Å². The zero-order chi connectivity index (χ0) is 14.0. The number of hydrogen-bond acceptors (Lipinski definition) is 3. The zero-order valence-corrected chi connectivity index (χ0v) is 11.2. The van der Waals surface area contributed by atoms with E-state index in [0.29, 0.717) is 11.6 Å². The van der Waals surface area contributed by atoms with Crippen molar-refractivity contribution >= 4 is 11.4 Å². The fraction of sp³-hybridized carbons (Fsp3) is 0.571. The van der Waals surface area contributed by atoms with Crippen molar-refractivity contribution < 1.29 is 9.31 Å². The summed E-state index contributed by atoms with van der Waals surface area (Å²) in [6.07, 6.45) is 3.29. The number of nitrogens with zero attached hydrogens (tertiary/aromatic N) is 1. The summed E-state index contributed by atoms with van der Waals surface area (Å²) in [7, 11) is 0. The van der Waals surface area contributed by atoms with Gasteiger partial charge < -0.3 is 5.32 Å². The Morgan fingerprint density at radius 1 is 1.32 bits per heavy atom. The van der Waals surface area contributed by atoms with Crippen LogP contribution in [0.25, 0.3) is 0 Å². The van der Waals surface area contributed by atoms with Gasteiger partial charge >= 0.3 is 0 Å². The first-order valence-electron chi connectivity index (χ1n) is 6.67. The van der Waals surface area contributed by atoms with Gasteiger partial charge in [-0.3, -0.25) is 10.1 Å². The summed E-state index contributed by atoms with van der Waals surface area (Å²) in [4.78, 5) is 10.1. The van der Waals surface area contributed by atoms with Crippen LogP contribution in [0.4, 0.5) is 15.8 Å². The van der Waals surface area contributed by atoms with Gasteiger partial charge in [-0.05, 0) is 37.2 Å². The third-order valence-corrected chi connectivity index (χ3v) is 3.88. The van der Waals surface area contributed by atoms with E-state index < -0.39 is 10.7 Å². The Hall–Kier alpha value is -1.65. The lowest BCUT2D eigenvalue weighted by Crippen LogP contribution is -2.33. The van der Waals surface area contributed by atoms with Crippen LogP contribution in [-0.4, -0.2) is 11.0 Å². The van der Waals surface area contributed by atoms with Gasteiger partial charge in [0, 0.05) is 17.8 Å². The van der Waals surface area contributed by atoms with Crippen molar-refractivity contribution in [3.63, 3.8) is 0 Å². The fourth-order valence-electron chi connectivity index (χ4n) is 2.86. The quantitative estimate of drug-likeness (QED) is 0.665. The topological polar surface area (TPSA) is 55.2 Å². The van der Waals surface area contributed by atoms with Crippen LogP contribution in [0.15, 0.2) is 18.2 Å². The minimum Gasteiger partial charge on any atom is -0.382 e. The van der Waals surface area contributed by atoms with Crippen molar-refractivity contribution in [2.45, 2.75) is 39.2 Å². The highest BCUT2D eigenvalue weighted by molar-refractivity contribution is 5.52. The van der Waals surface area contributed by atoms with Crippen LogP contribution in [0.1, 0.15) is 33.1 Å². The molecule has 0 amide bonds. The number of nitro benzene ring substituents is 1. The molecule has 0 radical (unpaired) electrons. The predicted octanol–water partition coefficient (Wildman–Crippen LogP) is 3.97. The van der Waals surface area contributed by atoms with Crippen molar-refractivity contribution in [1.82, 2.24) is 0 Å². The summed E-state index contributed by atoms with van der Waals surface area (Å²) in [5.41, 5.74) is 0.289. The standard InChI is InChI=1S/C14H19FN2O2/c1-9-3-4-14(10(2)5-9)16-12-6-11(15)7-13(8-12)17(18)19/h6-10,14,16H,3-5H2,1-2H3. The Kier molecular flexibility index (Phi) is 4.02. The molecule has 4 nitrogen and oxygen atoms in total. The molecule has 19 heavy (non-hydrogen) atoms. The molecule has 1 aromatic rings. The Bertz CT molecular complexity index is 479.